The summed E-state index contributed by atoms with van der Waals surface area (Å²) >= 11 is 1.60. The number of hydrogen-bond acceptors (Lipinski definition) is 7. The number of fused-ring (bicyclic) bond motifs is 1. The van der Waals surface area contributed by atoms with Crippen LogP contribution >= 0.6 is 11.8 Å². The number of carboxylic acids is 2. The lowest BCUT2D eigenvalue weighted by molar-refractivity contribution is -0.159. The fourth-order valence-electron chi connectivity index (χ4n) is 5.14. The Labute approximate surface area is 246 Å². The minimum Gasteiger partial charge on any atom is -0.497 e. The summed E-state index contributed by atoms with van der Waals surface area (Å²) in [6.07, 6.45) is 9.97. The Kier molecular flexibility index (Phi) is 11.9. The maximum atomic E-state index is 13.3. The molecule has 4 rings (SSSR count). The van der Waals surface area contributed by atoms with E-state index < -0.39 is 11.9 Å². The molecule has 0 aromatic heterocycles. The lowest BCUT2D eigenvalue weighted by Gasteiger charge is -2.34. The van der Waals surface area contributed by atoms with Gasteiger partial charge >= 0.3 is 11.9 Å². The zero-order valence-electron chi connectivity index (χ0n) is 24.4. The number of methoxy groups -OCH3 is 1. The van der Waals surface area contributed by atoms with Crippen molar-refractivity contribution in [3.05, 3.63) is 47.5 Å². The Bertz CT molecular complexity index is 1200. The fraction of sp³-hybridized carbons (Fsp3) is 0.516. The molecule has 1 aliphatic heterocycles. The number of nitrogens with zero attached hydrogens (tertiary/aromatic N) is 1. The van der Waals surface area contributed by atoms with Crippen LogP contribution in [0.2, 0.25) is 0 Å². The minimum absolute atomic E-state index is 0.0618. The van der Waals surface area contributed by atoms with E-state index in [1.165, 1.54) is 37.7 Å². The number of unbranched alkanes of at least 4 members (excludes halogenated alkanes) is 2. The molecule has 10 heteroatoms. The van der Waals surface area contributed by atoms with E-state index in [0.29, 0.717) is 12.1 Å². The summed E-state index contributed by atoms with van der Waals surface area (Å²) in [7, 11) is 3.51. The van der Waals surface area contributed by atoms with E-state index in [9.17, 15) is 4.79 Å². The smallest absolute Gasteiger partial charge is 0.414 e. The molecular weight excluding hydrogens is 544 g/mol. The number of aliphatic carboxylic acids is 2. The second-order valence-electron chi connectivity index (χ2n) is 10.8. The number of hydrogen-bond donors (Lipinski definition) is 3. The number of nitrogens with one attached hydrogen (secondary N) is 1. The molecule has 1 heterocycles. The molecule has 0 radical (unpaired) electrons. The van der Waals surface area contributed by atoms with Crippen LogP contribution in [0.15, 0.2) is 41.3 Å². The molecule has 1 fully saturated rings. The highest BCUT2D eigenvalue weighted by Crippen LogP contribution is 2.49. The first-order valence-corrected chi connectivity index (χ1v) is 15.0. The number of ether oxygens (including phenoxy) is 2. The van der Waals surface area contributed by atoms with Crippen molar-refractivity contribution in [1.29, 1.82) is 0 Å². The van der Waals surface area contributed by atoms with Crippen molar-refractivity contribution in [2.45, 2.75) is 80.9 Å². The van der Waals surface area contributed by atoms with Crippen LogP contribution < -0.4 is 19.7 Å². The maximum absolute atomic E-state index is 13.3. The standard InChI is InChI=1S/C29H40N2O3S.C2H2O4/c1-21-11-13-24-26(19-21)35-27(28(32)31(24)3)23-20-22(33-4)12-14-25(23)34-18-10-6-9-17-30-29(2)15-7-5-8-16-29;3-1(4)2(5)6/h11-14,19-20,27,30H,5-10,15-18H2,1-4H3;(H,3,4)(H,5,6). The average molecular weight is 587 g/mol. The van der Waals surface area contributed by atoms with Gasteiger partial charge in [-0.15, -0.1) is 11.8 Å². The van der Waals surface area contributed by atoms with Crippen LogP contribution in [-0.2, 0) is 14.4 Å². The number of benzene rings is 2. The zero-order valence-corrected chi connectivity index (χ0v) is 25.2. The quantitative estimate of drug-likeness (QED) is 0.233. The third-order valence-electron chi connectivity index (χ3n) is 7.55. The first kappa shape index (κ1) is 32.3. The number of carbonyl (C=O) groups is 3. The summed E-state index contributed by atoms with van der Waals surface area (Å²) in [6, 6.07) is 12.0. The van der Waals surface area contributed by atoms with Crippen molar-refractivity contribution in [3.63, 3.8) is 0 Å². The first-order valence-electron chi connectivity index (χ1n) is 14.1. The highest BCUT2D eigenvalue weighted by molar-refractivity contribution is 8.00. The summed E-state index contributed by atoms with van der Waals surface area (Å²) in [5, 5.41) is 18.2. The third-order valence-corrected chi connectivity index (χ3v) is 8.82. The van der Waals surface area contributed by atoms with Crippen molar-refractivity contribution < 1.29 is 34.1 Å². The second-order valence-corrected chi connectivity index (χ2v) is 12.0. The summed E-state index contributed by atoms with van der Waals surface area (Å²) in [5.41, 5.74) is 3.36. The molecule has 2 aromatic rings. The highest BCUT2D eigenvalue weighted by Gasteiger charge is 2.35. The van der Waals surface area contributed by atoms with Crippen molar-refractivity contribution in [2.75, 3.05) is 32.2 Å². The van der Waals surface area contributed by atoms with Crippen LogP contribution in [0.3, 0.4) is 0 Å². The molecule has 0 saturated heterocycles. The Balaban J connectivity index is 0.000000696. The predicted molar refractivity (Wildman–Crippen MR) is 160 cm³/mol. The van der Waals surface area contributed by atoms with Gasteiger partial charge in [0.05, 0.1) is 19.4 Å². The number of aryl methyl sites for hydroxylation is 1. The lowest BCUT2D eigenvalue weighted by Crippen LogP contribution is -2.44. The number of thioether (sulfide) groups is 1. The molecular formula is C31H42N2O7S. The van der Waals surface area contributed by atoms with E-state index in [-0.39, 0.29) is 11.2 Å². The van der Waals surface area contributed by atoms with Crippen LogP contribution in [0.4, 0.5) is 5.69 Å². The largest absolute Gasteiger partial charge is 0.497 e. The van der Waals surface area contributed by atoms with E-state index in [1.807, 2.05) is 31.3 Å². The van der Waals surface area contributed by atoms with Gasteiger partial charge in [-0.2, -0.15) is 0 Å². The summed E-state index contributed by atoms with van der Waals surface area (Å²) in [6.45, 7) is 6.18. The SMILES string of the molecule is COc1ccc(OCCCCCNC2(C)CCCCC2)c(C2Sc3cc(C)ccc3N(C)C2=O)c1.O=C(O)C(=O)O. The summed E-state index contributed by atoms with van der Waals surface area (Å²) in [4.78, 5) is 34.4. The molecule has 2 aliphatic rings. The Hall–Kier alpha value is -3.24. The highest BCUT2D eigenvalue weighted by atomic mass is 32.2. The van der Waals surface area contributed by atoms with Gasteiger partial charge in [0.25, 0.3) is 0 Å². The van der Waals surface area contributed by atoms with Crippen LogP contribution in [-0.4, -0.2) is 60.9 Å². The van der Waals surface area contributed by atoms with Crippen molar-refractivity contribution in [2.24, 2.45) is 0 Å². The lowest BCUT2D eigenvalue weighted by atomic mass is 9.83. The third kappa shape index (κ3) is 9.13. The number of rotatable bonds is 10. The molecule has 3 N–H and O–H groups in total. The van der Waals surface area contributed by atoms with Gasteiger partial charge in [-0.05, 0) is 88.4 Å². The number of carboxylic acid groups (broad SMARTS) is 2. The van der Waals surface area contributed by atoms with Gasteiger partial charge < -0.3 is 29.9 Å². The van der Waals surface area contributed by atoms with Gasteiger partial charge in [-0.25, -0.2) is 9.59 Å². The molecule has 0 bridgehead atoms. The van der Waals surface area contributed by atoms with Gasteiger partial charge in [0, 0.05) is 23.0 Å². The van der Waals surface area contributed by atoms with Gasteiger partial charge in [0.1, 0.15) is 16.7 Å². The molecule has 1 unspecified atom stereocenters. The van der Waals surface area contributed by atoms with Gasteiger partial charge in [0.15, 0.2) is 0 Å². The van der Waals surface area contributed by atoms with E-state index in [4.69, 9.17) is 29.3 Å². The molecule has 1 amide bonds. The van der Waals surface area contributed by atoms with Crippen molar-refractivity contribution in [1.82, 2.24) is 5.32 Å². The maximum Gasteiger partial charge on any atom is 0.414 e. The molecule has 2 aromatic carbocycles. The first-order chi connectivity index (χ1) is 19.5. The van der Waals surface area contributed by atoms with Gasteiger partial charge in [-0.1, -0.05) is 25.3 Å². The summed E-state index contributed by atoms with van der Waals surface area (Å²) in [5.74, 6) is -2.08. The number of likely N-dealkylation sites (N-methyl/N-ethyl adjacent to an activating group) is 1. The molecule has 9 nitrogen and oxygen atoms in total. The normalized spacial score (nSPS) is 17.6. The monoisotopic (exact) mass is 586 g/mol. The topological polar surface area (TPSA) is 125 Å². The Morgan fingerprint density at radius 3 is 2.41 bits per heavy atom. The number of carbonyl (C=O) groups excluding carboxylic acids is 1. The minimum atomic E-state index is -1.82. The number of amides is 1. The molecule has 0 spiro atoms. The second kappa shape index (κ2) is 15.1. The van der Waals surface area contributed by atoms with E-state index >= 15 is 0 Å². The fourth-order valence-corrected chi connectivity index (χ4v) is 6.54. The Morgan fingerprint density at radius 1 is 1.05 bits per heavy atom. The van der Waals surface area contributed by atoms with Crippen LogP contribution in [0.1, 0.15) is 74.7 Å². The zero-order chi connectivity index (χ0) is 30.0. The predicted octanol–water partition coefficient (Wildman–Crippen LogP) is 5.83. The average Bonchev–Trinajstić information content (AvgIpc) is 2.95. The van der Waals surface area contributed by atoms with Gasteiger partial charge in [0.2, 0.25) is 5.91 Å². The molecule has 1 atom stereocenters. The van der Waals surface area contributed by atoms with Gasteiger partial charge in [-0.3, -0.25) is 4.79 Å². The van der Waals surface area contributed by atoms with E-state index in [1.54, 1.807) is 23.8 Å². The van der Waals surface area contributed by atoms with E-state index in [2.05, 4.69) is 31.3 Å². The number of anilines is 1. The van der Waals surface area contributed by atoms with Crippen LogP contribution in [0, 0.1) is 6.92 Å². The molecule has 1 saturated carbocycles. The molecule has 41 heavy (non-hydrogen) atoms. The Morgan fingerprint density at radius 2 is 1.76 bits per heavy atom. The summed E-state index contributed by atoms with van der Waals surface area (Å²) < 4.78 is 11.7. The van der Waals surface area contributed by atoms with Crippen molar-refractivity contribution >= 4 is 35.3 Å². The van der Waals surface area contributed by atoms with Crippen LogP contribution in [0.5, 0.6) is 11.5 Å². The van der Waals surface area contributed by atoms with Crippen molar-refractivity contribution in [3.8, 4) is 11.5 Å². The van der Waals surface area contributed by atoms with E-state index in [0.717, 1.165) is 53.5 Å². The van der Waals surface area contributed by atoms with Crippen LogP contribution in [0.25, 0.3) is 0 Å². The molecule has 224 valence electrons. The molecule has 1 aliphatic carbocycles.